The minimum absolute atomic E-state index is 0.171. The van der Waals surface area contributed by atoms with E-state index in [4.69, 9.17) is 0 Å². The smallest absolute Gasteiger partial charge is 0.269 e. The zero-order chi connectivity index (χ0) is 14.7. The zero-order valence-electron chi connectivity index (χ0n) is 12.5. The number of benzene rings is 1. The van der Waals surface area contributed by atoms with Gasteiger partial charge in [-0.05, 0) is 24.5 Å². The van der Waals surface area contributed by atoms with Crippen molar-refractivity contribution in [3.05, 3.63) is 33.9 Å². The van der Waals surface area contributed by atoms with Crippen LogP contribution < -0.4 is 4.90 Å². The Morgan fingerprint density at radius 1 is 1.25 bits per heavy atom. The molecule has 0 bridgehead atoms. The van der Waals surface area contributed by atoms with Crippen molar-refractivity contribution in [2.24, 2.45) is 5.92 Å². The first-order chi connectivity index (χ1) is 9.47. The highest BCUT2D eigenvalue weighted by molar-refractivity contribution is 5.57. The monoisotopic (exact) mass is 277 g/mol. The van der Waals surface area contributed by atoms with Crippen molar-refractivity contribution in [1.29, 1.82) is 0 Å². The number of nitro groups is 1. The van der Waals surface area contributed by atoms with Crippen molar-refractivity contribution >= 4 is 11.4 Å². The van der Waals surface area contributed by atoms with E-state index in [9.17, 15) is 10.1 Å². The summed E-state index contributed by atoms with van der Waals surface area (Å²) in [4.78, 5) is 15.3. The van der Waals surface area contributed by atoms with Gasteiger partial charge in [-0.3, -0.25) is 15.0 Å². The molecule has 0 radical (unpaired) electrons. The SMILES string of the molecule is Cc1cc([N+](=O)[O-])ccc1N1CCN(CC(C)C)CC1. The first kappa shape index (κ1) is 14.8. The fraction of sp³-hybridized carbons (Fsp3) is 0.600. The van der Waals surface area contributed by atoms with Crippen molar-refractivity contribution in [2.75, 3.05) is 37.6 Å². The van der Waals surface area contributed by atoms with E-state index < -0.39 is 0 Å². The number of hydrogen-bond donors (Lipinski definition) is 0. The Labute approximate surface area is 120 Å². The second kappa shape index (κ2) is 6.22. The van der Waals surface area contributed by atoms with E-state index in [1.54, 1.807) is 12.1 Å². The molecule has 1 aliphatic rings. The number of nitrogens with zero attached hydrogens (tertiary/aromatic N) is 3. The molecule has 1 aromatic carbocycles. The summed E-state index contributed by atoms with van der Waals surface area (Å²) in [6.07, 6.45) is 0. The molecule has 1 saturated heterocycles. The highest BCUT2D eigenvalue weighted by Crippen LogP contribution is 2.25. The van der Waals surface area contributed by atoms with Gasteiger partial charge >= 0.3 is 0 Å². The maximum Gasteiger partial charge on any atom is 0.269 e. The van der Waals surface area contributed by atoms with Gasteiger partial charge < -0.3 is 4.90 Å². The number of hydrogen-bond acceptors (Lipinski definition) is 4. The van der Waals surface area contributed by atoms with Gasteiger partial charge in [-0.2, -0.15) is 0 Å². The molecular weight excluding hydrogens is 254 g/mol. The number of anilines is 1. The van der Waals surface area contributed by atoms with E-state index in [1.807, 2.05) is 13.0 Å². The molecule has 0 amide bonds. The lowest BCUT2D eigenvalue weighted by molar-refractivity contribution is -0.384. The molecule has 0 aliphatic carbocycles. The lowest BCUT2D eigenvalue weighted by Crippen LogP contribution is -2.47. The third kappa shape index (κ3) is 3.48. The number of piperazine rings is 1. The van der Waals surface area contributed by atoms with Crippen LogP contribution in [-0.4, -0.2) is 42.5 Å². The average molecular weight is 277 g/mol. The van der Waals surface area contributed by atoms with Crippen LogP contribution in [0.2, 0.25) is 0 Å². The Hall–Kier alpha value is -1.62. The summed E-state index contributed by atoms with van der Waals surface area (Å²) in [6.45, 7) is 11.7. The minimum Gasteiger partial charge on any atom is -0.369 e. The number of rotatable bonds is 4. The molecule has 20 heavy (non-hydrogen) atoms. The van der Waals surface area contributed by atoms with Gasteiger partial charge in [-0.1, -0.05) is 13.8 Å². The molecule has 5 nitrogen and oxygen atoms in total. The summed E-state index contributed by atoms with van der Waals surface area (Å²) in [7, 11) is 0. The van der Waals surface area contributed by atoms with Gasteiger partial charge in [0.1, 0.15) is 0 Å². The summed E-state index contributed by atoms with van der Waals surface area (Å²) in [5, 5.41) is 10.8. The fourth-order valence-electron chi connectivity index (χ4n) is 2.80. The summed E-state index contributed by atoms with van der Waals surface area (Å²) in [5.41, 5.74) is 2.28. The van der Waals surface area contributed by atoms with Crippen LogP contribution in [0.3, 0.4) is 0 Å². The third-order valence-corrected chi connectivity index (χ3v) is 3.73. The molecule has 0 spiro atoms. The quantitative estimate of drug-likeness (QED) is 0.627. The number of aryl methyl sites for hydroxylation is 1. The molecule has 0 unspecified atom stereocenters. The molecule has 1 heterocycles. The molecule has 0 aromatic heterocycles. The van der Waals surface area contributed by atoms with Crippen LogP contribution in [0.15, 0.2) is 18.2 Å². The van der Waals surface area contributed by atoms with Gasteiger partial charge in [0, 0.05) is 50.5 Å². The predicted molar refractivity (Wildman–Crippen MR) is 81.3 cm³/mol. The van der Waals surface area contributed by atoms with Crippen molar-refractivity contribution < 1.29 is 4.92 Å². The van der Waals surface area contributed by atoms with Gasteiger partial charge in [0.2, 0.25) is 0 Å². The van der Waals surface area contributed by atoms with Gasteiger partial charge in [-0.15, -0.1) is 0 Å². The van der Waals surface area contributed by atoms with E-state index in [1.165, 1.54) is 0 Å². The third-order valence-electron chi connectivity index (χ3n) is 3.73. The molecule has 1 aliphatic heterocycles. The van der Waals surface area contributed by atoms with Crippen molar-refractivity contribution in [1.82, 2.24) is 4.90 Å². The Morgan fingerprint density at radius 3 is 2.40 bits per heavy atom. The standard InChI is InChI=1S/C15H23N3O2/c1-12(2)11-16-6-8-17(9-7-16)15-5-4-14(18(19)20)10-13(15)3/h4-5,10,12H,6-9,11H2,1-3H3. The van der Waals surface area contributed by atoms with Crippen LogP contribution in [0.1, 0.15) is 19.4 Å². The maximum absolute atomic E-state index is 10.8. The summed E-state index contributed by atoms with van der Waals surface area (Å²) in [6, 6.07) is 5.14. The Morgan fingerprint density at radius 2 is 1.90 bits per heavy atom. The van der Waals surface area contributed by atoms with Crippen LogP contribution >= 0.6 is 0 Å². The van der Waals surface area contributed by atoms with Crippen molar-refractivity contribution in [3.63, 3.8) is 0 Å². The van der Waals surface area contributed by atoms with Crippen LogP contribution in [0.25, 0.3) is 0 Å². The summed E-state index contributed by atoms with van der Waals surface area (Å²) >= 11 is 0. The Kier molecular flexibility index (Phi) is 4.60. The van der Waals surface area contributed by atoms with Crippen LogP contribution in [0.5, 0.6) is 0 Å². The van der Waals surface area contributed by atoms with Crippen LogP contribution in [-0.2, 0) is 0 Å². The average Bonchev–Trinajstić information content (AvgIpc) is 2.39. The minimum atomic E-state index is -0.336. The van der Waals surface area contributed by atoms with Crippen LogP contribution in [0, 0.1) is 23.0 Å². The first-order valence-corrected chi connectivity index (χ1v) is 7.19. The molecule has 1 fully saturated rings. The Bertz CT molecular complexity index is 480. The largest absolute Gasteiger partial charge is 0.369 e. The second-order valence-electron chi connectivity index (χ2n) is 5.91. The van der Waals surface area contributed by atoms with E-state index in [2.05, 4.69) is 23.6 Å². The topological polar surface area (TPSA) is 49.6 Å². The normalized spacial score (nSPS) is 16.7. The van der Waals surface area contributed by atoms with E-state index in [0.29, 0.717) is 5.92 Å². The van der Waals surface area contributed by atoms with Crippen molar-refractivity contribution in [2.45, 2.75) is 20.8 Å². The van der Waals surface area contributed by atoms with Gasteiger partial charge in [-0.25, -0.2) is 0 Å². The molecule has 5 heteroatoms. The first-order valence-electron chi connectivity index (χ1n) is 7.19. The van der Waals surface area contributed by atoms with E-state index in [0.717, 1.165) is 44.0 Å². The molecule has 0 atom stereocenters. The van der Waals surface area contributed by atoms with Gasteiger partial charge in [0.25, 0.3) is 5.69 Å². The molecule has 2 rings (SSSR count). The zero-order valence-corrected chi connectivity index (χ0v) is 12.5. The molecule has 110 valence electrons. The second-order valence-corrected chi connectivity index (χ2v) is 5.91. The molecule has 0 saturated carbocycles. The summed E-state index contributed by atoms with van der Waals surface area (Å²) < 4.78 is 0. The van der Waals surface area contributed by atoms with E-state index in [-0.39, 0.29) is 10.6 Å². The lowest BCUT2D eigenvalue weighted by atomic mass is 10.1. The predicted octanol–water partition coefficient (Wildman–Crippen LogP) is 2.68. The fourth-order valence-corrected chi connectivity index (χ4v) is 2.80. The highest BCUT2D eigenvalue weighted by Gasteiger charge is 2.19. The number of non-ortho nitro benzene ring substituents is 1. The summed E-state index contributed by atoms with van der Waals surface area (Å²) in [5.74, 6) is 0.697. The maximum atomic E-state index is 10.8. The number of nitro benzene ring substituents is 1. The Balaban J connectivity index is 2.02. The van der Waals surface area contributed by atoms with E-state index >= 15 is 0 Å². The highest BCUT2D eigenvalue weighted by atomic mass is 16.6. The molecule has 0 N–H and O–H groups in total. The molecule has 1 aromatic rings. The van der Waals surface area contributed by atoms with Gasteiger partial charge in [0.05, 0.1) is 4.92 Å². The molecular formula is C15H23N3O2. The lowest BCUT2D eigenvalue weighted by Gasteiger charge is -2.37. The van der Waals surface area contributed by atoms with Crippen molar-refractivity contribution in [3.8, 4) is 0 Å². The van der Waals surface area contributed by atoms with Crippen LogP contribution in [0.4, 0.5) is 11.4 Å². The van der Waals surface area contributed by atoms with Gasteiger partial charge in [0.15, 0.2) is 0 Å².